The molecule has 1 N–H and O–H groups in total. The molecule has 142 valence electrons. The Bertz CT molecular complexity index is 1070. The Hall–Kier alpha value is -2.93. The van der Waals surface area contributed by atoms with Crippen LogP contribution in [0.3, 0.4) is 0 Å². The highest BCUT2D eigenvalue weighted by Crippen LogP contribution is 2.27. The number of aromatic nitrogens is 2. The first kappa shape index (κ1) is 18.4. The van der Waals surface area contributed by atoms with Crippen molar-refractivity contribution in [3.8, 4) is 11.5 Å². The summed E-state index contributed by atoms with van der Waals surface area (Å²) in [5.74, 6) is 0.649. The molecule has 1 amide bonds. The Kier molecular flexibility index (Phi) is 5.00. The van der Waals surface area contributed by atoms with Gasteiger partial charge in [0.15, 0.2) is 5.78 Å². The van der Waals surface area contributed by atoms with Crippen molar-refractivity contribution >= 4 is 29.1 Å². The molecule has 0 aliphatic carbocycles. The SMILES string of the molecule is Cc1ccc(-c2nnc(SCC(=O)c3ccc4c(c3)CCC(=O)N4)o2)cc1C. The molecule has 4 rings (SSSR count). The summed E-state index contributed by atoms with van der Waals surface area (Å²) in [6.45, 7) is 4.09. The van der Waals surface area contributed by atoms with E-state index in [0.29, 0.717) is 29.5 Å². The number of amides is 1. The number of rotatable bonds is 5. The van der Waals surface area contributed by atoms with Gasteiger partial charge in [-0.1, -0.05) is 17.8 Å². The first-order valence-corrected chi connectivity index (χ1v) is 9.98. The second-order valence-electron chi connectivity index (χ2n) is 6.80. The molecule has 0 bridgehead atoms. The second kappa shape index (κ2) is 7.59. The van der Waals surface area contributed by atoms with Crippen molar-refractivity contribution in [2.75, 3.05) is 11.1 Å². The van der Waals surface area contributed by atoms with E-state index in [4.69, 9.17) is 4.42 Å². The summed E-state index contributed by atoms with van der Waals surface area (Å²) in [5.41, 5.74) is 5.62. The molecule has 0 spiro atoms. The smallest absolute Gasteiger partial charge is 0.277 e. The molecule has 0 fully saturated rings. The molecular weight excluding hydrogens is 374 g/mol. The molecule has 3 aromatic rings. The molecule has 7 heteroatoms. The summed E-state index contributed by atoms with van der Waals surface area (Å²) in [5, 5.41) is 11.3. The zero-order valence-electron chi connectivity index (χ0n) is 15.6. The predicted molar refractivity (Wildman–Crippen MR) is 108 cm³/mol. The average Bonchev–Trinajstić information content (AvgIpc) is 3.17. The van der Waals surface area contributed by atoms with E-state index in [1.807, 2.05) is 31.2 Å². The van der Waals surface area contributed by atoms with E-state index in [1.54, 1.807) is 12.1 Å². The summed E-state index contributed by atoms with van der Waals surface area (Å²) >= 11 is 1.22. The fourth-order valence-corrected chi connectivity index (χ4v) is 3.68. The highest BCUT2D eigenvalue weighted by atomic mass is 32.2. The number of Topliss-reactive ketones (excluding diaryl/α,β-unsaturated/α-hetero) is 1. The number of carbonyl (C=O) groups is 2. The maximum atomic E-state index is 12.5. The number of aryl methyl sites for hydroxylation is 3. The van der Waals surface area contributed by atoms with Gasteiger partial charge in [0, 0.05) is 23.2 Å². The number of thioether (sulfide) groups is 1. The number of ketones is 1. The van der Waals surface area contributed by atoms with Crippen molar-refractivity contribution in [1.82, 2.24) is 10.2 Å². The average molecular weight is 393 g/mol. The van der Waals surface area contributed by atoms with Crippen LogP contribution in [0, 0.1) is 13.8 Å². The van der Waals surface area contributed by atoms with Crippen LogP contribution in [0.5, 0.6) is 0 Å². The van der Waals surface area contributed by atoms with Crippen LogP contribution >= 0.6 is 11.8 Å². The van der Waals surface area contributed by atoms with Crippen molar-refractivity contribution in [2.24, 2.45) is 0 Å². The maximum absolute atomic E-state index is 12.5. The lowest BCUT2D eigenvalue weighted by Crippen LogP contribution is -2.19. The monoisotopic (exact) mass is 393 g/mol. The minimum Gasteiger partial charge on any atom is -0.411 e. The highest BCUT2D eigenvalue weighted by molar-refractivity contribution is 7.99. The number of anilines is 1. The van der Waals surface area contributed by atoms with Crippen LogP contribution in [0.4, 0.5) is 5.69 Å². The van der Waals surface area contributed by atoms with Crippen molar-refractivity contribution in [1.29, 1.82) is 0 Å². The minimum atomic E-state index is -0.0179. The summed E-state index contributed by atoms with van der Waals surface area (Å²) in [4.78, 5) is 24.0. The van der Waals surface area contributed by atoms with E-state index in [0.717, 1.165) is 22.4 Å². The number of hydrogen-bond donors (Lipinski definition) is 1. The predicted octanol–water partition coefficient (Wildman–Crippen LogP) is 4.21. The van der Waals surface area contributed by atoms with E-state index < -0.39 is 0 Å². The number of nitrogens with one attached hydrogen (secondary N) is 1. The van der Waals surface area contributed by atoms with Crippen LogP contribution in [-0.4, -0.2) is 27.6 Å². The fourth-order valence-electron chi connectivity index (χ4n) is 3.03. The summed E-state index contributed by atoms with van der Waals surface area (Å²) in [6, 6.07) is 11.3. The standard InChI is InChI=1S/C21H19N3O3S/c1-12-3-4-16(9-13(12)2)20-23-24-21(27-20)28-11-18(25)15-5-7-17-14(10-15)6-8-19(26)22-17/h3-5,7,9-10H,6,8,11H2,1-2H3,(H,22,26). The third-order valence-corrected chi connectivity index (χ3v) is 5.63. The van der Waals surface area contributed by atoms with E-state index in [-0.39, 0.29) is 17.4 Å². The molecule has 2 heterocycles. The molecule has 28 heavy (non-hydrogen) atoms. The number of fused-ring (bicyclic) bond motifs is 1. The van der Waals surface area contributed by atoms with Crippen LogP contribution in [-0.2, 0) is 11.2 Å². The number of carbonyl (C=O) groups excluding carboxylic acids is 2. The van der Waals surface area contributed by atoms with Gasteiger partial charge in [-0.3, -0.25) is 9.59 Å². The first-order chi connectivity index (χ1) is 13.5. The lowest BCUT2D eigenvalue weighted by atomic mass is 9.99. The van der Waals surface area contributed by atoms with Crippen molar-refractivity contribution < 1.29 is 14.0 Å². The van der Waals surface area contributed by atoms with Crippen molar-refractivity contribution in [3.63, 3.8) is 0 Å². The van der Waals surface area contributed by atoms with Gasteiger partial charge in [-0.05, 0) is 67.3 Å². The van der Waals surface area contributed by atoms with Gasteiger partial charge in [0.25, 0.3) is 5.22 Å². The van der Waals surface area contributed by atoms with Gasteiger partial charge in [-0.25, -0.2) is 0 Å². The summed E-state index contributed by atoms with van der Waals surface area (Å²) < 4.78 is 5.69. The van der Waals surface area contributed by atoms with Gasteiger partial charge in [0.1, 0.15) is 0 Å². The molecule has 1 aliphatic heterocycles. The topological polar surface area (TPSA) is 85.1 Å². The molecule has 1 aromatic heterocycles. The lowest BCUT2D eigenvalue weighted by Gasteiger charge is -2.17. The third kappa shape index (κ3) is 3.84. The molecule has 6 nitrogen and oxygen atoms in total. The van der Waals surface area contributed by atoms with Gasteiger partial charge in [-0.2, -0.15) is 0 Å². The maximum Gasteiger partial charge on any atom is 0.277 e. The van der Waals surface area contributed by atoms with E-state index in [9.17, 15) is 9.59 Å². The molecule has 0 unspecified atom stereocenters. The molecule has 2 aromatic carbocycles. The van der Waals surface area contributed by atoms with E-state index in [2.05, 4.69) is 22.4 Å². The van der Waals surface area contributed by atoms with Crippen LogP contribution in [0.1, 0.15) is 33.5 Å². The lowest BCUT2D eigenvalue weighted by molar-refractivity contribution is -0.116. The van der Waals surface area contributed by atoms with Gasteiger partial charge in [-0.15, -0.1) is 10.2 Å². The number of nitrogens with zero attached hydrogens (tertiary/aromatic N) is 2. The van der Waals surface area contributed by atoms with Crippen LogP contribution in [0.25, 0.3) is 11.5 Å². The zero-order valence-corrected chi connectivity index (χ0v) is 16.4. The van der Waals surface area contributed by atoms with Gasteiger partial charge in [0.2, 0.25) is 11.8 Å². The second-order valence-corrected chi connectivity index (χ2v) is 7.73. The van der Waals surface area contributed by atoms with Crippen LogP contribution < -0.4 is 5.32 Å². The van der Waals surface area contributed by atoms with Crippen molar-refractivity contribution in [2.45, 2.75) is 31.9 Å². The minimum absolute atomic E-state index is 0.0121. The molecule has 0 atom stereocenters. The molecule has 1 aliphatic rings. The van der Waals surface area contributed by atoms with Crippen LogP contribution in [0.2, 0.25) is 0 Å². The molecule has 0 saturated carbocycles. The highest BCUT2D eigenvalue weighted by Gasteiger charge is 2.18. The molecule has 0 radical (unpaired) electrons. The van der Waals surface area contributed by atoms with Gasteiger partial charge < -0.3 is 9.73 Å². The number of hydrogen-bond acceptors (Lipinski definition) is 6. The van der Waals surface area contributed by atoms with Crippen LogP contribution in [0.15, 0.2) is 46.0 Å². The Balaban J connectivity index is 1.42. The normalized spacial score (nSPS) is 13.1. The third-order valence-electron chi connectivity index (χ3n) is 4.81. The summed E-state index contributed by atoms with van der Waals surface area (Å²) in [7, 11) is 0. The van der Waals surface area contributed by atoms with Crippen molar-refractivity contribution in [3.05, 3.63) is 58.7 Å². The zero-order chi connectivity index (χ0) is 19.7. The Labute approximate surface area is 166 Å². The first-order valence-electron chi connectivity index (χ1n) is 8.99. The van der Waals surface area contributed by atoms with Gasteiger partial charge >= 0.3 is 0 Å². The quantitative estimate of drug-likeness (QED) is 0.516. The number of benzene rings is 2. The van der Waals surface area contributed by atoms with E-state index >= 15 is 0 Å². The van der Waals surface area contributed by atoms with E-state index in [1.165, 1.54) is 17.3 Å². The Morgan fingerprint density at radius 1 is 1.11 bits per heavy atom. The summed E-state index contributed by atoms with van der Waals surface area (Å²) in [6.07, 6.45) is 1.10. The van der Waals surface area contributed by atoms with Gasteiger partial charge in [0.05, 0.1) is 5.75 Å². The molecular formula is C21H19N3O3S. The fraction of sp³-hybridized carbons (Fsp3) is 0.238. The molecule has 0 saturated heterocycles. The Morgan fingerprint density at radius 2 is 1.96 bits per heavy atom. The largest absolute Gasteiger partial charge is 0.411 e. The Morgan fingerprint density at radius 3 is 2.79 bits per heavy atom.